The van der Waals surface area contributed by atoms with E-state index in [-0.39, 0.29) is 23.8 Å². The molecular weight excluding hydrogens is 626 g/mol. The molecule has 1 N–H and O–H groups in total. The van der Waals surface area contributed by atoms with Gasteiger partial charge in [0.05, 0.1) is 10.6 Å². The summed E-state index contributed by atoms with van der Waals surface area (Å²) in [5.41, 5.74) is 3.98. The van der Waals surface area contributed by atoms with E-state index in [0.29, 0.717) is 16.7 Å². The molecular formula is C34H36BrN3O4S. The summed E-state index contributed by atoms with van der Waals surface area (Å²) < 4.78 is 29.9. The number of rotatable bonds is 12. The predicted octanol–water partition coefficient (Wildman–Crippen LogP) is 6.04. The first-order valence-electron chi connectivity index (χ1n) is 14.1. The molecule has 0 aliphatic heterocycles. The summed E-state index contributed by atoms with van der Waals surface area (Å²) in [6.45, 7) is 5.69. The van der Waals surface area contributed by atoms with E-state index in [4.69, 9.17) is 0 Å². The lowest BCUT2D eigenvalue weighted by atomic mass is 10.0. The first-order chi connectivity index (χ1) is 20.6. The molecule has 0 aliphatic rings. The van der Waals surface area contributed by atoms with Crippen molar-refractivity contribution in [3.8, 4) is 0 Å². The third kappa shape index (κ3) is 8.33. The van der Waals surface area contributed by atoms with Crippen LogP contribution in [0, 0.1) is 13.8 Å². The van der Waals surface area contributed by atoms with Gasteiger partial charge in [-0.15, -0.1) is 0 Å². The summed E-state index contributed by atoms with van der Waals surface area (Å²) >= 11 is 3.44. The lowest BCUT2D eigenvalue weighted by Crippen LogP contribution is -2.53. The fraction of sp³-hybridized carbons (Fsp3) is 0.235. The van der Waals surface area contributed by atoms with Crippen LogP contribution in [0.15, 0.2) is 112 Å². The van der Waals surface area contributed by atoms with E-state index in [0.717, 1.165) is 26.6 Å². The Morgan fingerprint density at radius 3 is 2.14 bits per heavy atom. The number of hydrogen-bond donors (Lipinski definition) is 1. The van der Waals surface area contributed by atoms with Crippen molar-refractivity contribution >= 4 is 43.5 Å². The Morgan fingerprint density at radius 1 is 0.814 bits per heavy atom. The van der Waals surface area contributed by atoms with E-state index in [2.05, 4.69) is 21.2 Å². The highest BCUT2D eigenvalue weighted by Gasteiger charge is 2.34. The lowest BCUT2D eigenvalue weighted by Gasteiger charge is -2.34. The smallest absolute Gasteiger partial charge is 0.264 e. The van der Waals surface area contributed by atoms with Crippen molar-refractivity contribution < 1.29 is 18.0 Å². The molecule has 0 heterocycles. The highest BCUT2D eigenvalue weighted by Crippen LogP contribution is 2.27. The molecule has 0 saturated heterocycles. The second-order valence-corrected chi connectivity index (χ2v) is 13.2. The second-order valence-electron chi connectivity index (χ2n) is 10.4. The Balaban J connectivity index is 1.80. The van der Waals surface area contributed by atoms with E-state index in [1.807, 2.05) is 75.4 Å². The number of anilines is 1. The zero-order valence-electron chi connectivity index (χ0n) is 24.5. The van der Waals surface area contributed by atoms with Gasteiger partial charge in [-0.1, -0.05) is 99.9 Å². The average Bonchev–Trinajstić information content (AvgIpc) is 2.98. The number of carbonyl (C=O) groups is 2. The van der Waals surface area contributed by atoms with Gasteiger partial charge in [0.2, 0.25) is 11.8 Å². The number of amides is 2. The summed E-state index contributed by atoms with van der Waals surface area (Å²) in [4.78, 5) is 29.5. The molecule has 9 heteroatoms. The first-order valence-corrected chi connectivity index (χ1v) is 16.3. The number of nitrogens with one attached hydrogen (secondary N) is 1. The molecule has 0 bridgehead atoms. The maximum Gasteiger partial charge on any atom is 0.264 e. The fourth-order valence-corrected chi connectivity index (χ4v) is 6.64. The van der Waals surface area contributed by atoms with Gasteiger partial charge in [0, 0.05) is 24.0 Å². The van der Waals surface area contributed by atoms with Gasteiger partial charge in [0.1, 0.15) is 12.6 Å². The van der Waals surface area contributed by atoms with Crippen molar-refractivity contribution in [3.05, 3.63) is 130 Å². The number of sulfonamides is 1. The van der Waals surface area contributed by atoms with Crippen LogP contribution in [0.2, 0.25) is 0 Å². The number of halogens is 1. The van der Waals surface area contributed by atoms with Crippen molar-refractivity contribution in [3.63, 3.8) is 0 Å². The monoisotopic (exact) mass is 661 g/mol. The van der Waals surface area contributed by atoms with Crippen LogP contribution in [0.4, 0.5) is 5.69 Å². The van der Waals surface area contributed by atoms with Gasteiger partial charge in [0.15, 0.2) is 0 Å². The van der Waals surface area contributed by atoms with Gasteiger partial charge in [-0.3, -0.25) is 13.9 Å². The van der Waals surface area contributed by atoms with Gasteiger partial charge >= 0.3 is 0 Å². The third-order valence-corrected chi connectivity index (χ3v) is 9.32. The van der Waals surface area contributed by atoms with E-state index in [1.54, 1.807) is 36.4 Å². The molecule has 0 unspecified atom stereocenters. The molecule has 0 aromatic heterocycles. The van der Waals surface area contributed by atoms with Crippen LogP contribution in [0.5, 0.6) is 0 Å². The van der Waals surface area contributed by atoms with Gasteiger partial charge in [0.25, 0.3) is 10.0 Å². The number of aryl methyl sites for hydroxylation is 2. The van der Waals surface area contributed by atoms with E-state index in [9.17, 15) is 18.0 Å². The molecule has 2 amide bonds. The molecule has 0 radical (unpaired) electrons. The van der Waals surface area contributed by atoms with Crippen LogP contribution >= 0.6 is 15.9 Å². The normalized spacial score (nSPS) is 11.9. The SMILES string of the molecule is CCNC(=O)[C@@H](Cc1ccccc1)N(Cc1cccc(C)c1)C(=O)CN(c1cccc(Br)c1)S(=O)(=O)c1ccc(C)cc1. The Bertz CT molecular complexity index is 1660. The van der Waals surface area contributed by atoms with Crippen LogP contribution in [0.1, 0.15) is 29.2 Å². The molecule has 224 valence electrons. The maximum absolute atomic E-state index is 14.4. The Labute approximate surface area is 262 Å². The van der Waals surface area contributed by atoms with E-state index >= 15 is 0 Å². The molecule has 43 heavy (non-hydrogen) atoms. The highest BCUT2D eigenvalue weighted by atomic mass is 79.9. The summed E-state index contributed by atoms with van der Waals surface area (Å²) in [7, 11) is -4.15. The minimum atomic E-state index is -4.15. The summed E-state index contributed by atoms with van der Waals surface area (Å²) in [5, 5.41) is 2.88. The van der Waals surface area contributed by atoms with Crippen LogP contribution in [-0.2, 0) is 32.6 Å². The summed E-state index contributed by atoms with van der Waals surface area (Å²) in [5.74, 6) is -0.799. The summed E-state index contributed by atoms with van der Waals surface area (Å²) in [6.07, 6.45) is 0.270. The Kier molecular flexibility index (Phi) is 10.8. The standard InChI is InChI=1S/C34H36BrN3O4S/c1-4-36-34(40)32(21-27-11-6-5-7-12-27)37(23-28-13-8-10-26(3)20-28)33(39)24-38(30-15-9-14-29(35)22-30)43(41,42)31-18-16-25(2)17-19-31/h5-20,22,32H,4,21,23-24H2,1-3H3,(H,36,40)/t32-/m1/s1. The average molecular weight is 663 g/mol. The predicted molar refractivity (Wildman–Crippen MR) is 174 cm³/mol. The quantitative estimate of drug-likeness (QED) is 0.201. The van der Waals surface area contributed by atoms with Gasteiger partial charge in [-0.05, 0) is 62.2 Å². The first kappa shape index (κ1) is 32.0. The highest BCUT2D eigenvalue weighted by molar-refractivity contribution is 9.10. The van der Waals surface area contributed by atoms with Crippen LogP contribution in [-0.4, -0.2) is 44.3 Å². The number of hydrogen-bond acceptors (Lipinski definition) is 4. The Hall–Kier alpha value is -3.95. The van der Waals surface area contributed by atoms with E-state index < -0.39 is 28.5 Å². The van der Waals surface area contributed by atoms with Crippen molar-refractivity contribution in [1.29, 1.82) is 0 Å². The fourth-order valence-electron chi connectivity index (χ4n) is 4.85. The van der Waals surface area contributed by atoms with Crippen molar-refractivity contribution in [2.24, 2.45) is 0 Å². The number of benzene rings is 4. The lowest BCUT2D eigenvalue weighted by molar-refractivity contribution is -0.140. The molecule has 1 atom stereocenters. The summed E-state index contributed by atoms with van der Waals surface area (Å²) in [6, 6.07) is 29.7. The van der Waals surface area contributed by atoms with Gasteiger partial charge in [-0.25, -0.2) is 8.42 Å². The second kappa shape index (κ2) is 14.5. The largest absolute Gasteiger partial charge is 0.355 e. The molecule has 0 fully saturated rings. The zero-order valence-corrected chi connectivity index (χ0v) is 26.9. The van der Waals surface area contributed by atoms with Crippen molar-refractivity contribution in [2.45, 2.75) is 44.7 Å². The Morgan fingerprint density at radius 2 is 1.49 bits per heavy atom. The van der Waals surface area contributed by atoms with Crippen LogP contribution in [0.25, 0.3) is 0 Å². The minimum absolute atomic E-state index is 0.0701. The minimum Gasteiger partial charge on any atom is -0.355 e. The molecule has 4 aromatic rings. The van der Waals surface area contributed by atoms with Gasteiger partial charge in [-0.2, -0.15) is 0 Å². The number of nitrogens with zero attached hydrogens (tertiary/aromatic N) is 2. The van der Waals surface area contributed by atoms with Gasteiger partial charge < -0.3 is 10.2 Å². The molecule has 0 spiro atoms. The zero-order chi connectivity index (χ0) is 31.0. The molecule has 0 saturated carbocycles. The molecule has 4 rings (SSSR count). The van der Waals surface area contributed by atoms with Crippen LogP contribution < -0.4 is 9.62 Å². The van der Waals surface area contributed by atoms with Crippen molar-refractivity contribution in [1.82, 2.24) is 10.2 Å². The third-order valence-electron chi connectivity index (χ3n) is 7.04. The van der Waals surface area contributed by atoms with Crippen LogP contribution in [0.3, 0.4) is 0 Å². The molecule has 0 aliphatic carbocycles. The van der Waals surface area contributed by atoms with E-state index in [1.165, 1.54) is 17.0 Å². The number of likely N-dealkylation sites (N-methyl/N-ethyl adjacent to an activating group) is 1. The van der Waals surface area contributed by atoms with Crippen molar-refractivity contribution in [2.75, 3.05) is 17.4 Å². The number of carbonyl (C=O) groups excluding carboxylic acids is 2. The topological polar surface area (TPSA) is 86.8 Å². The maximum atomic E-state index is 14.4. The molecule has 7 nitrogen and oxygen atoms in total. The molecule has 4 aromatic carbocycles.